The second-order valence-corrected chi connectivity index (χ2v) is 7.14. The third kappa shape index (κ3) is 3.19. The van der Waals surface area contributed by atoms with Gasteiger partial charge in [-0.25, -0.2) is 9.37 Å². The predicted octanol–water partition coefficient (Wildman–Crippen LogP) is 5.54. The van der Waals surface area contributed by atoms with Crippen molar-refractivity contribution in [2.75, 3.05) is 4.90 Å². The van der Waals surface area contributed by atoms with E-state index in [1.807, 2.05) is 36.5 Å². The van der Waals surface area contributed by atoms with Crippen molar-refractivity contribution in [3.8, 4) is 11.3 Å². The largest absolute Gasteiger partial charge is 0.362 e. The monoisotopic (exact) mass is 357 g/mol. The first-order valence-electron chi connectivity index (χ1n) is 9.32. The Labute approximate surface area is 157 Å². The molecular formula is C23H20FN3. The Kier molecular flexibility index (Phi) is 3.89. The Bertz CT molecular complexity index is 1080. The summed E-state index contributed by atoms with van der Waals surface area (Å²) < 4.78 is 14.3. The van der Waals surface area contributed by atoms with Gasteiger partial charge in [0.15, 0.2) is 0 Å². The zero-order valence-electron chi connectivity index (χ0n) is 14.9. The average molecular weight is 357 g/mol. The molecule has 0 radical (unpaired) electrons. The number of nitrogens with one attached hydrogen (secondary N) is 1. The maximum absolute atomic E-state index is 14.3. The summed E-state index contributed by atoms with van der Waals surface area (Å²) in [5, 5.41) is 1.08. The molecule has 2 aromatic carbocycles. The zero-order valence-corrected chi connectivity index (χ0v) is 14.9. The zero-order chi connectivity index (χ0) is 18.2. The first-order chi connectivity index (χ1) is 13.3. The smallest absolute Gasteiger partial charge is 0.146 e. The molecule has 3 nitrogen and oxygen atoms in total. The highest BCUT2D eigenvalue weighted by atomic mass is 19.1. The van der Waals surface area contributed by atoms with Gasteiger partial charge in [0, 0.05) is 29.9 Å². The van der Waals surface area contributed by atoms with Crippen molar-refractivity contribution in [2.24, 2.45) is 0 Å². The van der Waals surface area contributed by atoms with Crippen LogP contribution in [0.1, 0.15) is 18.4 Å². The number of hydrogen-bond donors (Lipinski definition) is 1. The number of aromatic amines is 1. The summed E-state index contributed by atoms with van der Waals surface area (Å²) in [6.45, 7) is 0.667. The van der Waals surface area contributed by atoms with Crippen LogP contribution in [-0.2, 0) is 6.54 Å². The highest BCUT2D eigenvalue weighted by Crippen LogP contribution is 2.34. The molecule has 1 N–H and O–H groups in total. The van der Waals surface area contributed by atoms with Crippen LogP contribution < -0.4 is 4.90 Å². The van der Waals surface area contributed by atoms with E-state index in [1.54, 1.807) is 6.07 Å². The summed E-state index contributed by atoms with van der Waals surface area (Å²) in [5.74, 6) is -0.161. The minimum Gasteiger partial charge on any atom is -0.362 e. The summed E-state index contributed by atoms with van der Waals surface area (Å²) in [5.41, 5.74) is 4.85. The van der Waals surface area contributed by atoms with Gasteiger partial charge in [0.25, 0.3) is 0 Å². The van der Waals surface area contributed by atoms with Crippen molar-refractivity contribution >= 4 is 16.7 Å². The Morgan fingerprint density at radius 1 is 1.00 bits per heavy atom. The third-order valence-electron chi connectivity index (χ3n) is 5.11. The van der Waals surface area contributed by atoms with Gasteiger partial charge in [-0.15, -0.1) is 0 Å². The first kappa shape index (κ1) is 16.1. The molecule has 1 aliphatic rings. The molecule has 1 saturated carbocycles. The van der Waals surface area contributed by atoms with Crippen molar-refractivity contribution < 1.29 is 4.39 Å². The van der Waals surface area contributed by atoms with Crippen LogP contribution in [-0.4, -0.2) is 16.0 Å². The Balaban J connectivity index is 1.47. The number of anilines is 1. The van der Waals surface area contributed by atoms with Crippen molar-refractivity contribution in [3.63, 3.8) is 0 Å². The quantitative estimate of drug-likeness (QED) is 0.509. The molecule has 2 aromatic heterocycles. The van der Waals surface area contributed by atoms with E-state index < -0.39 is 0 Å². The van der Waals surface area contributed by atoms with Crippen LogP contribution in [0.15, 0.2) is 72.9 Å². The molecule has 2 heterocycles. The number of hydrogen-bond acceptors (Lipinski definition) is 2. The molecule has 0 bridgehead atoms. The molecule has 0 aliphatic heterocycles. The molecule has 0 atom stereocenters. The molecule has 134 valence electrons. The van der Waals surface area contributed by atoms with Crippen LogP contribution in [0.2, 0.25) is 0 Å². The van der Waals surface area contributed by atoms with Crippen LogP contribution in [0, 0.1) is 5.82 Å². The number of pyridine rings is 1. The second kappa shape index (κ2) is 6.54. The molecule has 5 rings (SSSR count). The lowest BCUT2D eigenvalue weighted by molar-refractivity contribution is 0.614. The molecular weight excluding hydrogens is 337 g/mol. The summed E-state index contributed by atoms with van der Waals surface area (Å²) >= 11 is 0. The van der Waals surface area contributed by atoms with E-state index in [-0.39, 0.29) is 5.82 Å². The second-order valence-electron chi connectivity index (χ2n) is 7.14. The highest BCUT2D eigenvalue weighted by molar-refractivity contribution is 5.83. The van der Waals surface area contributed by atoms with Crippen molar-refractivity contribution in [2.45, 2.75) is 25.4 Å². The number of nitrogens with zero attached hydrogens (tertiary/aromatic N) is 2. The van der Waals surface area contributed by atoms with Crippen LogP contribution in [0.25, 0.3) is 22.3 Å². The van der Waals surface area contributed by atoms with E-state index in [2.05, 4.69) is 39.1 Å². The van der Waals surface area contributed by atoms with E-state index >= 15 is 0 Å². The number of aromatic nitrogens is 2. The van der Waals surface area contributed by atoms with Crippen LogP contribution in [0.5, 0.6) is 0 Å². The van der Waals surface area contributed by atoms with Crippen LogP contribution in [0.3, 0.4) is 0 Å². The standard InChI is InChI=1S/C23H20FN3/c24-20-8-4-5-9-22(20)27(19-10-11-19)15-16-12-18-13-21(26-23(18)25-14-16)17-6-2-1-3-7-17/h1-9,12-14,19H,10-11,15H2,(H,25,26). The fraction of sp³-hybridized carbons (Fsp3) is 0.174. The molecule has 0 spiro atoms. The molecule has 27 heavy (non-hydrogen) atoms. The van der Waals surface area contributed by atoms with Crippen LogP contribution >= 0.6 is 0 Å². The number of H-pyrrole nitrogens is 1. The van der Waals surface area contributed by atoms with Gasteiger partial charge in [0.1, 0.15) is 11.5 Å². The lowest BCUT2D eigenvalue weighted by atomic mass is 10.1. The van der Waals surface area contributed by atoms with E-state index in [1.165, 1.54) is 6.07 Å². The molecule has 1 aliphatic carbocycles. The van der Waals surface area contributed by atoms with Crippen molar-refractivity contribution in [1.82, 2.24) is 9.97 Å². The average Bonchev–Trinajstić information content (AvgIpc) is 3.46. The molecule has 1 fully saturated rings. The van der Waals surface area contributed by atoms with E-state index in [0.717, 1.165) is 40.7 Å². The Hall–Kier alpha value is -3.14. The number of rotatable bonds is 5. The van der Waals surface area contributed by atoms with Gasteiger partial charge < -0.3 is 9.88 Å². The minimum absolute atomic E-state index is 0.161. The summed E-state index contributed by atoms with van der Waals surface area (Å²) in [4.78, 5) is 10.2. The Morgan fingerprint density at radius 2 is 1.78 bits per heavy atom. The van der Waals surface area contributed by atoms with Gasteiger partial charge in [0.05, 0.1) is 5.69 Å². The molecule has 0 amide bonds. The number of fused-ring (bicyclic) bond motifs is 1. The van der Waals surface area contributed by atoms with Crippen molar-refractivity contribution in [1.29, 1.82) is 0 Å². The van der Waals surface area contributed by atoms with Gasteiger partial charge in [0.2, 0.25) is 0 Å². The third-order valence-corrected chi connectivity index (χ3v) is 5.11. The summed E-state index contributed by atoms with van der Waals surface area (Å²) in [6.07, 6.45) is 4.13. The summed E-state index contributed by atoms with van der Waals surface area (Å²) in [6, 6.07) is 22.0. The van der Waals surface area contributed by atoms with Gasteiger partial charge in [-0.1, -0.05) is 42.5 Å². The predicted molar refractivity (Wildman–Crippen MR) is 107 cm³/mol. The van der Waals surface area contributed by atoms with E-state index in [4.69, 9.17) is 0 Å². The lowest BCUT2D eigenvalue weighted by Crippen LogP contribution is -2.26. The number of para-hydroxylation sites is 1. The maximum atomic E-state index is 14.3. The maximum Gasteiger partial charge on any atom is 0.146 e. The SMILES string of the molecule is Fc1ccccc1N(Cc1cnc2[nH]c(-c3ccccc3)cc2c1)C1CC1. The first-order valence-corrected chi connectivity index (χ1v) is 9.32. The summed E-state index contributed by atoms with van der Waals surface area (Å²) in [7, 11) is 0. The lowest BCUT2D eigenvalue weighted by Gasteiger charge is -2.25. The van der Waals surface area contributed by atoms with Gasteiger partial charge in [-0.2, -0.15) is 0 Å². The fourth-order valence-electron chi connectivity index (χ4n) is 3.60. The fourth-order valence-corrected chi connectivity index (χ4v) is 3.60. The van der Waals surface area contributed by atoms with Gasteiger partial charge in [-0.3, -0.25) is 0 Å². The molecule has 4 aromatic rings. The van der Waals surface area contributed by atoms with Gasteiger partial charge in [-0.05, 0) is 48.2 Å². The normalized spacial score (nSPS) is 13.8. The minimum atomic E-state index is -0.161. The van der Waals surface area contributed by atoms with Crippen molar-refractivity contribution in [3.05, 3.63) is 84.3 Å². The molecule has 0 saturated heterocycles. The Morgan fingerprint density at radius 3 is 2.56 bits per heavy atom. The van der Waals surface area contributed by atoms with E-state index in [0.29, 0.717) is 18.3 Å². The van der Waals surface area contributed by atoms with Crippen LogP contribution in [0.4, 0.5) is 10.1 Å². The molecule has 4 heteroatoms. The van der Waals surface area contributed by atoms with E-state index in [9.17, 15) is 4.39 Å². The number of halogens is 1. The number of benzene rings is 2. The van der Waals surface area contributed by atoms with Gasteiger partial charge >= 0.3 is 0 Å². The highest BCUT2D eigenvalue weighted by Gasteiger charge is 2.30. The molecule has 0 unspecified atom stereocenters. The topological polar surface area (TPSA) is 31.9 Å².